The van der Waals surface area contributed by atoms with Crippen LogP contribution in [0.15, 0.2) is 30.3 Å². The molecule has 0 spiro atoms. The van der Waals surface area contributed by atoms with Gasteiger partial charge in [0.25, 0.3) is 0 Å². The maximum atomic E-state index is 6.02. The maximum Gasteiger partial charge on any atom is 0.178 e. The molecule has 0 aliphatic carbocycles. The van der Waals surface area contributed by atoms with Crippen molar-refractivity contribution in [3.05, 3.63) is 41.6 Å². The number of anilines is 1. The van der Waals surface area contributed by atoms with Crippen molar-refractivity contribution < 1.29 is 0 Å². The molecule has 0 aliphatic rings. The molecule has 1 aromatic carbocycles. The SMILES string of the molecule is Cc1ccc2[nH]c(-c3c(C)cccc3N)nc2n1. The molecule has 4 nitrogen and oxygen atoms in total. The van der Waals surface area contributed by atoms with Crippen molar-refractivity contribution in [2.24, 2.45) is 0 Å². The molecule has 0 saturated carbocycles. The number of aromatic nitrogens is 3. The van der Waals surface area contributed by atoms with E-state index in [0.29, 0.717) is 0 Å². The Morgan fingerprint density at radius 2 is 1.89 bits per heavy atom. The second-order valence-electron chi connectivity index (χ2n) is 4.45. The number of aromatic amines is 1. The lowest BCUT2D eigenvalue weighted by Gasteiger charge is -2.05. The molecule has 0 bridgehead atoms. The standard InChI is InChI=1S/C14H14N4/c1-8-4-3-5-10(15)12(8)14-17-11-7-6-9(2)16-13(11)18-14/h3-7H,15H2,1-2H3,(H,16,17,18). The van der Waals surface area contributed by atoms with E-state index >= 15 is 0 Å². The van der Waals surface area contributed by atoms with Gasteiger partial charge in [0, 0.05) is 16.9 Å². The topological polar surface area (TPSA) is 67.6 Å². The Labute approximate surface area is 105 Å². The lowest BCUT2D eigenvalue weighted by atomic mass is 10.1. The summed E-state index contributed by atoms with van der Waals surface area (Å²) in [7, 11) is 0. The Balaban J connectivity index is 2.26. The summed E-state index contributed by atoms with van der Waals surface area (Å²) in [6.07, 6.45) is 0. The third kappa shape index (κ3) is 1.62. The molecule has 3 aromatic rings. The van der Waals surface area contributed by atoms with Crippen LogP contribution in [0.5, 0.6) is 0 Å². The van der Waals surface area contributed by atoms with Gasteiger partial charge in [-0.3, -0.25) is 0 Å². The van der Waals surface area contributed by atoms with Gasteiger partial charge in [0.1, 0.15) is 5.82 Å². The number of rotatable bonds is 1. The number of hydrogen-bond acceptors (Lipinski definition) is 3. The molecule has 90 valence electrons. The average molecular weight is 238 g/mol. The molecule has 18 heavy (non-hydrogen) atoms. The van der Waals surface area contributed by atoms with E-state index in [2.05, 4.69) is 15.0 Å². The van der Waals surface area contributed by atoms with Crippen molar-refractivity contribution >= 4 is 16.9 Å². The van der Waals surface area contributed by atoms with Crippen LogP contribution < -0.4 is 5.73 Å². The smallest absolute Gasteiger partial charge is 0.178 e. The van der Waals surface area contributed by atoms with Gasteiger partial charge in [0.15, 0.2) is 5.65 Å². The highest BCUT2D eigenvalue weighted by Crippen LogP contribution is 2.28. The first kappa shape index (κ1) is 10.8. The van der Waals surface area contributed by atoms with Gasteiger partial charge in [-0.15, -0.1) is 0 Å². The zero-order valence-electron chi connectivity index (χ0n) is 10.4. The van der Waals surface area contributed by atoms with Crippen molar-refractivity contribution in [3.63, 3.8) is 0 Å². The molecule has 2 heterocycles. The molecule has 0 radical (unpaired) electrons. The number of fused-ring (bicyclic) bond motifs is 1. The Kier molecular flexibility index (Phi) is 2.30. The van der Waals surface area contributed by atoms with E-state index in [1.54, 1.807) is 0 Å². The van der Waals surface area contributed by atoms with Gasteiger partial charge >= 0.3 is 0 Å². The first-order valence-electron chi connectivity index (χ1n) is 5.84. The van der Waals surface area contributed by atoms with Crippen molar-refractivity contribution in [2.75, 3.05) is 5.73 Å². The summed E-state index contributed by atoms with van der Waals surface area (Å²) in [5.41, 5.74) is 11.4. The average Bonchev–Trinajstić information content (AvgIpc) is 2.71. The highest BCUT2D eigenvalue weighted by atomic mass is 15.0. The summed E-state index contributed by atoms with van der Waals surface area (Å²) in [5.74, 6) is 0.777. The Bertz CT molecular complexity index is 707. The highest BCUT2D eigenvalue weighted by Gasteiger charge is 2.11. The molecule has 4 heteroatoms. The monoisotopic (exact) mass is 238 g/mol. The minimum atomic E-state index is 0.728. The molecular formula is C14H14N4. The largest absolute Gasteiger partial charge is 0.398 e. The summed E-state index contributed by atoms with van der Waals surface area (Å²) in [4.78, 5) is 12.2. The van der Waals surface area contributed by atoms with Gasteiger partial charge in [-0.25, -0.2) is 9.97 Å². The van der Waals surface area contributed by atoms with Crippen LogP contribution in [0.1, 0.15) is 11.3 Å². The zero-order valence-corrected chi connectivity index (χ0v) is 10.4. The molecular weight excluding hydrogens is 224 g/mol. The summed E-state index contributed by atoms with van der Waals surface area (Å²) in [5, 5.41) is 0. The van der Waals surface area contributed by atoms with E-state index in [9.17, 15) is 0 Å². The highest BCUT2D eigenvalue weighted by molar-refractivity contribution is 5.81. The summed E-state index contributed by atoms with van der Waals surface area (Å²) in [6, 6.07) is 9.80. The van der Waals surface area contributed by atoms with Crippen LogP contribution in [0.25, 0.3) is 22.6 Å². The number of H-pyrrole nitrogens is 1. The number of aryl methyl sites for hydroxylation is 2. The number of pyridine rings is 1. The van der Waals surface area contributed by atoms with Crippen molar-refractivity contribution in [2.45, 2.75) is 13.8 Å². The van der Waals surface area contributed by atoms with Crippen LogP contribution in [0.2, 0.25) is 0 Å². The first-order valence-corrected chi connectivity index (χ1v) is 5.84. The number of imidazole rings is 1. The number of hydrogen-bond donors (Lipinski definition) is 2. The number of benzene rings is 1. The normalized spacial score (nSPS) is 11.0. The molecule has 3 N–H and O–H groups in total. The molecule has 3 rings (SSSR count). The Morgan fingerprint density at radius 1 is 1.06 bits per heavy atom. The van der Waals surface area contributed by atoms with Crippen LogP contribution in [-0.4, -0.2) is 15.0 Å². The lowest BCUT2D eigenvalue weighted by Crippen LogP contribution is -1.93. The predicted molar refractivity (Wildman–Crippen MR) is 73.2 cm³/mol. The van der Waals surface area contributed by atoms with E-state index in [-0.39, 0.29) is 0 Å². The van der Waals surface area contributed by atoms with E-state index in [1.807, 2.05) is 44.2 Å². The third-order valence-electron chi connectivity index (χ3n) is 3.03. The second kappa shape index (κ2) is 3.84. The first-order chi connectivity index (χ1) is 8.65. The van der Waals surface area contributed by atoms with Gasteiger partial charge in [0.05, 0.1) is 5.52 Å². The van der Waals surface area contributed by atoms with E-state index in [4.69, 9.17) is 5.73 Å². The van der Waals surface area contributed by atoms with Gasteiger partial charge in [-0.2, -0.15) is 0 Å². The minimum absolute atomic E-state index is 0.728. The number of nitrogens with two attached hydrogens (primary N) is 1. The van der Waals surface area contributed by atoms with Crippen molar-refractivity contribution in [3.8, 4) is 11.4 Å². The quantitative estimate of drug-likeness (QED) is 0.640. The molecule has 0 saturated heterocycles. The molecule has 0 atom stereocenters. The Hall–Kier alpha value is -2.36. The van der Waals surface area contributed by atoms with E-state index < -0.39 is 0 Å². The molecule has 0 amide bonds. The van der Waals surface area contributed by atoms with Gasteiger partial charge in [-0.1, -0.05) is 12.1 Å². The molecule has 0 fully saturated rings. The fraction of sp³-hybridized carbons (Fsp3) is 0.143. The van der Waals surface area contributed by atoms with Gasteiger partial charge in [0.2, 0.25) is 0 Å². The summed E-state index contributed by atoms with van der Waals surface area (Å²) >= 11 is 0. The Morgan fingerprint density at radius 3 is 2.67 bits per heavy atom. The number of nitrogens with one attached hydrogen (secondary N) is 1. The molecule has 0 unspecified atom stereocenters. The molecule has 0 aliphatic heterocycles. The van der Waals surface area contributed by atoms with Crippen LogP contribution in [0.4, 0.5) is 5.69 Å². The van der Waals surface area contributed by atoms with Crippen molar-refractivity contribution in [1.82, 2.24) is 15.0 Å². The predicted octanol–water partition coefficient (Wildman–Crippen LogP) is 2.82. The van der Waals surface area contributed by atoms with Crippen LogP contribution in [0.3, 0.4) is 0 Å². The number of nitrogens with zero attached hydrogens (tertiary/aromatic N) is 2. The fourth-order valence-corrected chi connectivity index (χ4v) is 2.12. The van der Waals surface area contributed by atoms with Gasteiger partial charge < -0.3 is 10.7 Å². The van der Waals surface area contributed by atoms with Crippen LogP contribution in [0, 0.1) is 13.8 Å². The molecule has 2 aromatic heterocycles. The van der Waals surface area contributed by atoms with Gasteiger partial charge in [-0.05, 0) is 37.6 Å². The fourth-order valence-electron chi connectivity index (χ4n) is 2.12. The van der Waals surface area contributed by atoms with E-state index in [1.165, 1.54) is 0 Å². The van der Waals surface area contributed by atoms with E-state index in [0.717, 1.165) is 39.5 Å². The minimum Gasteiger partial charge on any atom is -0.398 e. The summed E-state index contributed by atoms with van der Waals surface area (Å²) in [6.45, 7) is 3.98. The number of nitrogen functional groups attached to an aromatic ring is 1. The third-order valence-corrected chi connectivity index (χ3v) is 3.03. The maximum absolute atomic E-state index is 6.02. The van der Waals surface area contributed by atoms with Crippen molar-refractivity contribution in [1.29, 1.82) is 0 Å². The summed E-state index contributed by atoms with van der Waals surface area (Å²) < 4.78 is 0. The second-order valence-corrected chi connectivity index (χ2v) is 4.45. The zero-order chi connectivity index (χ0) is 12.7. The van der Waals surface area contributed by atoms with Crippen LogP contribution >= 0.6 is 0 Å². The lowest BCUT2D eigenvalue weighted by molar-refractivity contribution is 1.22. The van der Waals surface area contributed by atoms with Crippen LogP contribution in [-0.2, 0) is 0 Å².